The number of carbonyl (C=O) groups is 4. The highest BCUT2D eigenvalue weighted by atomic mass is 33.1. The van der Waals surface area contributed by atoms with Crippen LogP contribution in [0, 0.1) is 6.92 Å². The zero-order chi connectivity index (χ0) is 55.1. The van der Waals surface area contributed by atoms with Gasteiger partial charge in [0.2, 0.25) is 5.91 Å². The first kappa shape index (κ1) is 56.5. The highest BCUT2D eigenvalue weighted by Crippen LogP contribution is 2.43. The Hall–Kier alpha value is -6.18. The number of aryl methyl sites for hydroxylation is 2. The van der Waals surface area contributed by atoms with Crippen LogP contribution in [-0.2, 0) is 52.2 Å². The first-order chi connectivity index (χ1) is 37.5. The topological polar surface area (TPSA) is 193 Å². The Balaban J connectivity index is 0.879. The molecule has 0 saturated heterocycles. The molecule has 3 N–H and O–H groups in total. The lowest BCUT2D eigenvalue weighted by Crippen LogP contribution is -2.37. The first-order valence-electron chi connectivity index (χ1n) is 26.9. The van der Waals surface area contributed by atoms with E-state index in [9.17, 15) is 32.1 Å². The Morgan fingerprint density at radius 2 is 1.51 bits per heavy atom. The summed E-state index contributed by atoms with van der Waals surface area (Å²) in [6.45, 7) is 9.85. The van der Waals surface area contributed by atoms with E-state index in [-0.39, 0.29) is 62.3 Å². The number of benzene rings is 5. The number of anilines is 3. The predicted molar refractivity (Wildman–Crippen MR) is 311 cm³/mol. The molecule has 4 heterocycles. The maximum Gasteiger partial charge on any atom is 0.275 e. The number of amides is 3. The molecule has 78 heavy (non-hydrogen) atoms. The van der Waals surface area contributed by atoms with E-state index in [0.717, 1.165) is 78.0 Å². The minimum Gasteiger partial charge on any atom is -0.493 e. The molecule has 4 aliphatic heterocycles. The van der Waals surface area contributed by atoms with E-state index in [1.165, 1.54) is 27.2 Å². The molecule has 9 rings (SSSR count). The van der Waals surface area contributed by atoms with Crippen molar-refractivity contribution in [3.05, 3.63) is 136 Å². The Morgan fingerprint density at radius 1 is 0.821 bits per heavy atom. The molecule has 5 aromatic carbocycles. The zero-order valence-corrected chi connectivity index (χ0v) is 47.4. The maximum absolute atomic E-state index is 14.2. The molecule has 15 nitrogen and oxygen atoms in total. The third-order valence-electron chi connectivity index (χ3n) is 14.9. The fourth-order valence-corrected chi connectivity index (χ4v) is 14.5. The van der Waals surface area contributed by atoms with Crippen molar-refractivity contribution < 1.29 is 46.4 Å². The zero-order valence-electron chi connectivity index (χ0n) is 45.0. The Morgan fingerprint density at radius 3 is 2.23 bits per heavy atom. The van der Waals surface area contributed by atoms with Crippen molar-refractivity contribution >= 4 is 84.2 Å². The van der Waals surface area contributed by atoms with E-state index >= 15 is 0 Å². The van der Waals surface area contributed by atoms with Crippen LogP contribution < -0.4 is 34.6 Å². The number of fused-ring (bicyclic) bond motifs is 8. The quantitative estimate of drug-likeness (QED) is 0.0284. The van der Waals surface area contributed by atoms with Gasteiger partial charge in [0.1, 0.15) is 24.2 Å². The van der Waals surface area contributed by atoms with Crippen LogP contribution in [0.2, 0.25) is 0 Å². The van der Waals surface area contributed by atoms with Gasteiger partial charge in [-0.05, 0) is 161 Å². The normalized spacial score (nSPS) is 16.7. The standard InChI is InChI=1S/C60H69N5O10S3/c1-6-61-24-13-7-8-18-52(66)56(78(70,71)72)22-25-76-77-60(3,4)23-21-57(67)63-44-28-39(36-74-53-34-49-48(26-38(53)2)59(69)65-46(35-62-49)31-43-15-10-12-17-51(43)65)27-40(29-44)37-75-55-32-41-19-20-45-30-42-14-9-11-16-50(42)64(45)58(68)47(41)33-54(55)73-5/h9-12,14-17,26-29,32-35,45-46,56,61H,6-8,13,18-25,30-31,36-37H2,1-5H3,(H,63,67)(H,70,71,72)/t45-,46+,56?/m1/s1. The second-order valence-corrected chi connectivity index (χ2v) is 25.8. The fourth-order valence-electron chi connectivity index (χ4n) is 10.8. The number of carbonyl (C=O) groups excluding carboxylic acids is 4. The summed E-state index contributed by atoms with van der Waals surface area (Å²) in [6, 6.07) is 28.9. The average molecular weight is 1120 g/mol. The monoisotopic (exact) mass is 1120 g/mol. The lowest BCUT2D eigenvalue weighted by atomic mass is 9.99. The molecular formula is C60H69N5O10S3. The maximum atomic E-state index is 14.2. The van der Waals surface area contributed by atoms with Gasteiger partial charge in [0.05, 0.1) is 24.4 Å². The molecule has 0 spiro atoms. The molecule has 0 aromatic heterocycles. The largest absolute Gasteiger partial charge is 0.493 e. The smallest absolute Gasteiger partial charge is 0.275 e. The predicted octanol–water partition coefficient (Wildman–Crippen LogP) is 11.2. The number of ether oxygens (including phenoxy) is 3. The number of nitrogens with zero attached hydrogens (tertiary/aromatic N) is 3. The molecule has 18 heteroatoms. The highest BCUT2D eigenvalue weighted by Gasteiger charge is 2.39. The van der Waals surface area contributed by atoms with Crippen LogP contribution in [0.1, 0.15) is 126 Å². The Labute approximate surface area is 465 Å². The summed E-state index contributed by atoms with van der Waals surface area (Å²) in [5.74, 6) is 0.956. The van der Waals surface area contributed by atoms with Crippen LogP contribution in [-0.4, -0.2) is 90.7 Å². The average Bonchev–Trinajstić information content (AvgIpc) is 4.10. The third-order valence-corrected chi connectivity index (χ3v) is 19.5. The van der Waals surface area contributed by atoms with Gasteiger partial charge < -0.3 is 29.7 Å². The molecule has 5 aromatic rings. The molecule has 3 amide bonds. The van der Waals surface area contributed by atoms with Crippen LogP contribution in [0.25, 0.3) is 0 Å². The van der Waals surface area contributed by atoms with Crippen LogP contribution in [0.3, 0.4) is 0 Å². The van der Waals surface area contributed by atoms with Crippen molar-refractivity contribution in [3.63, 3.8) is 0 Å². The van der Waals surface area contributed by atoms with Gasteiger partial charge in [-0.3, -0.25) is 33.6 Å². The van der Waals surface area contributed by atoms with Crippen molar-refractivity contribution in [2.24, 2.45) is 4.99 Å². The molecule has 3 atom stereocenters. The number of aliphatic imine (C=N–C) groups is 1. The number of Topliss-reactive ketones (excluding diaryl/α,β-unsaturated/α-hetero) is 1. The summed E-state index contributed by atoms with van der Waals surface area (Å²) in [6.07, 6.45) is 7.83. The number of methoxy groups -OCH3 is 1. The van der Waals surface area contributed by atoms with Crippen LogP contribution in [0.4, 0.5) is 22.7 Å². The van der Waals surface area contributed by atoms with Gasteiger partial charge >= 0.3 is 0 Å². The number of para-hydroxylation sites is 2. The summed E-state index contributed by atoms with van der Waals surface area (Å²) in [5.41, 5.74) is 9.42. The third kappa shape index (κ3) is 13.3. The lowest BCUT2D eigenvalue weighted by molar-refractivity contribution is -0.119. The Kier molecular flexibility index (Phi) is 18.0. The van der Waals surface area contributed by atoms with E-state index in [1.807, 2.05) is 117 Å². The van der Waals surface area contributed by atoms with Gasteiger partial charge in [0.25, 0.3) is 21.9 Å². The number of ketones is 1. The molecule has 0 saturated carbocycles. The van der Waals surface area contributed by atoms with Crippen LogP contribution in [0.5, 0.6) is 17.2 Å². The molecule has 0 fully saturated rings. The summed E-state index contributed by atoms with van der Waals surface area (Å²) >= 11 is 0. The van der Waals surface area contributed by atoms with Crippen molar-refractivity contribution in [2.75, 3.05) is 41.1 Å². The molecule has 412 valence electrons. The molecule has 1 unspecified atom stereocenters. The fraction of sp³-hybridized carbons (Fsp3) is 0.417. The van der Waals surface area contributed by atoms with Crippen LogP contribution >= 0.6 is 21.6 Å². The number of hydrogen-bond donors (Lipinski definition) is 3. The number of hydrogen-bond acceptors (Lipinski definition) is 13. The van der Waals surface area contributed by atoms with Gasteiger partial charge in [0, 0.05) is 70.7 Å². The van der Waals surface area contributed by atoms with E-state index < -0.39 is 25.9 Å². The van der Waals surface area contributed by atoms with Crippen molar-refractivity contribution in [3.8, 4) is 17.2 Å². The second kappa shape index (κ2) is 24.9. The van der Waals surface area contributed by atoms with Gasteiger partial charge in [-0.15, -0.1) is 0 Å². The van der Waals surface area contributed by atoms with Gasteiger partial charge in [-0.2, -0.15) is 8.42 Å². The minimum atomic E-state index is -4.55. The molecule has 0 bridgehead atoms. The first-order valence-corrected chi connectivity index (χ1v) is 30.7. The van der Waals surface area contributed by atoms with Crippen molar-refractivity contribution in [1.29, 1.82) is 0 Å². The van der Waals surface area contributed by atoms with Gasteiger partial charge in [-0.1, -0.05) is 71.3 Å². The number of unbranched alkanes of at least 4 members (excludes halogenated alkanes) is 2. The van der Waals surface area contributed by atoms with Gasteiger partial charge in [-0.25, -0.2) is 0 Å². The lowest BCUT2D eigenvalue weighted by Gasteiger charge is -2.23. The minimum absolute atomic E-state index is 0.00279. The van der Waals surface area contributed by atoms with E-state index in [4.69, 9.17) is 19.2 Å². The highest BCUT2D eigenvalue weighted by molar-refractivity contribution is 8.77. The summed E-state index contributed by atoms with van der Waals surface area (Å²) in [5, 5.41) is 4.87. The van der Waals surface area contributed by atoms with Crippen LogP contribution in [0.15, 0.2) is 96.0 Å². The Bertz CT molecular complexity index is 3220. The van der Waals surface area contributed by atoms with E-state index in [2.05, 4.69) is 16.7 Å². The molecule has 4 aliphatic rings. The van der Waals surface area contributed by atoms with Gasteiger partial charge in [0.15, 0.2) is 17.3 Å². The molecule has 0 radical (unpaired) electrons. The summed E-state index contributed by atoms with van der Waals surface area (Å²) in [7, 11) is -0.0704. The van der Waals surface area contributed by atoms with Crippen molar-refractivity contribution in [1.82, 2.24) is 5.32 Å². The molecule has 0 aliphatic carbocycles. The number of rotatable bonds is 25. The summed E-state index contributed by atoms with van der Waals surface area (Å²) in [4.78, 5) is 63.4. The SMILES string of the molecule is CCNCCCCCC(=O)C(CCSSC(C)(C)CCC(=O)Nc1cc(COc2cc3c(cc2C)C(=O)N2c4ccccc4C[C@H]2C=N3)cc(COc2cc3c(cc2OC)C(=O)N2c4ccccc4C[C@H]2CC3)c1)S(=O)(=O)O. The van der Waals surface area contributed by atoms with E-state index in [1.54, 1.807) is 19.2 Å². The van der Waals surface area contributed by atoms with E-state index in [0.29, 0.717) is 71.2 Å². The number of nitrogens with one attached hydrogen (secondary N) is 2. The second-order valence-electron chi connectivity index (χ2n) is 21.1. The van der Waals surface area contributed by atoms with Crippen molar-refractivity contribution in [2.45, 2.75) is 134 Å². The summed E-state index contributed by atoms with van der Waals surface area (Å²) < 4.78 is 52.8. The molecular weight excluding hydrogens is 1050 g/mol.